The van der Waals surface area contributed by atoms with Crippen LogP contribution in [0.5, 0.6) is 0 Å². The highest BCUT2D eigenvalue weighted by atomic mass is 32.2. The predicted octanol–water partition coefficient (Wildman–Crippen LogP) is 1.29. The number of rotatable bonds is 4. The van der Waals surface area contributed by atoms with Gasteiger partial charge in [0, 0.05) is 14.1 Å². The standard InChI is InChI=1S/C10H16N2O2S/c1-9(2)15(13,14)10(8-11)6-5-7-12(3)4/h5-7,9H,1-4H3. The van der Waals surface area contributed by atoms with E-state index in [2.05, 4.69) is 0 Å². The van der Waals surface area contributed by atoms with Crippen molar-refractivity contribution in [3.63, 3.8) is 0 Å². The highest BCUT2D eigenvalue weighted by Gasteiger charge is 2.21. The second-order valence-corrected chi connectivity index (χ2v) is 6.01. The molecular formula is C10H16N2O2S. The molecule has 0 fully saturated rings. The Balaban J connectivity index is 5.05. The van der Waals surface area contributed by atoms with Gasteiger partial charge in [0.25, 0.3) is 0 Å². The molecule has 0 unspecified atom stereocenters. The molecule has 0 aromatic carbocycles. The van der Waals surface area contributed by atoms with Crippen LogP contribution in [-0.4, -0.2) is 32.7 Å². The number of allylic oxidation sites excluding steroid dienone is 3. The zero-order chi connectivity index (χ0) is 12.1. The third-order valence-electron chi connectivity index (χ3n) is 1.67. The Hall–Kier alpha value is -1.28. The zero-order valence-electron chi connectivity index (χ0n) is 9.43. The lowest BCUT2D eigenvalue weighted by atomic mass is 10.5. The first-order chi connectivity index (χ1) is 6.82. The van der Waals surface area contributed by atoms with Crippen molar-refractivity contribution < 1.29 is 8.42 Å². The van der Waals surface area contributed by atoms with Crippen molar-refractivity contribution in [2.24, 2.45) is 0 Å². The van der Waals surface area contributed by atoms with Crippen molar-refractivity contribution in [1.82, 2.24) is 4.90 Å². The Bertz CT molecular complexity index is 398. The molecule has 0 aliphatic carbocycles. The summed E-state index contributed by atoms with van der Waals surface area (Å²) in [5, 5.41) is 8.16. The first kappa shape index (κ1) is 13.7. The zero-order valence-corrected chi connectivity index (χ0v) is 10.2. The first-order valence-electron chi connectivity index (χ1n) is 4.51. The van der Waals surface area contributed by atoms with E-state index in [9.17, 15) is 8.42 Å². The summed E-state index contributed by atoms with van der Waals surface area (Å²) < 4.78 is 23.2. The van der Waals surface area contributed by atoms with Crippen LogP contribution in [0.1, 0.15) is 13.8 Å². The van der Waals surface area contributed by atoms with E-state index in [1.165, 1.54) is 6.08 Å². The fourth-order valence-corrected chi connectivity index (χ4v) is 1.66. The Labute approximate surface area is 91.4 Å². The lowest BCUT2D eigenvalue weighted by molar-refractivity contribution is 0.564. The van der Waals surface area contributed by atoms with Crippen molar-refractivity contribution in [1.29, 1.82) is 5.26 Å². The van der Waals surface area contributed by atoms with Gasteiger partial charge in [-0.1, -0.05) is 0 Å². The summed E-state index contributed by atoms with van der Waals surface area (Å²) in [6.07, 6.45) is 4.53. The summed E-state index contributed by atoms with van der Waals surface area (Å²) in [4.78, 5) is 1.56. The first-order valence-corrected chi connectivity index (χ1v) is 6.06. The van der Waals surface area contributed by atoms with E-state index in [1.54, 1.807) is 37.1 Å². The van der Waals surface area contributed by atoms with Crippen molar-refractivity contribution in [2.75, 3.05) is 14.1 Å². The van der Waals surface area contributed by atoms with Crippen LogP contribution < -0.4 is 0 Å². The molecule has 0 rings (SSSR count). The SMILES string of the molecule is CC(C)S(=O)(=O)C(C#N)=CC=CN(C)C. The highest BCUT2D eigenvalue weighted by molar-refractivity contribution is 7.96. The molecule has 84 valence electrons. The number of hydrogen-bond acceptors (Lipinski definition) is 4. The molecule has 0 aromatic rings. The molecule has 15 heavy (non-hydrogen) atoms. The van der Waals surface area contributed by atoms with Gasteiger partial charge in [-0.25, -0.2) is 8.42 Å². The fourth-order valence-electron chi connectivity index (χ4n) is 0.752. The van der Waals surface area contributed by atoms with Crippen LogP contribution in [0, 0.1) is 11.3 Å². The summed E-state index contributed by atoms with van der Waals surface area (Å²) in [5.74, 6) is 0. The second-order valence-electron chi connectivity index (χ2n) is 3.54. The predicted molar refractivity (Wildman–Crippen MR) is 60.6 cm³/mol. The molecular weight excluding hydrogens is 212 g/mol. The molecule has 0 N–H and O–H groups in total. The summed E-state index contributed by atoms with van der Waals surface area (Å²) >= 11 is 0. The van der Waals surface area contributed by atoms with E-state index in [4.69, 9.17) is 5.26 Å². The molecule has 0 saturated heterocycles. The average Bonchev–Trinajstić information content (AvgIpc) is 2.11. The summed E-state index contributed by atoms with van der Waals surface area (Å²) in [6, 6.07) is 1.70. The van der Waals surface area contributed by atoms with E-state index in [0.717, 1.165) is 0 Å². The van der Waals surface area contributed by atoms with Crippen molar-refractivity contribution in [3.8, 4) is 6.07 Å². The minimum absolute atomic E-state index is 0.199. The van der Waals surface area contributed by atoms with Gasteiger partial charge in [0.15, 0.2) is 9.84 Å². The normalized spacial score (nSPS) is 13.2. The number of sulfone groups is 1. The Morgan fingerprint density at radius 2 is 1.93 bits per heavy atom. The molecule has 4 nitrogen and oxygen atoms in total. The van der Waals surface area contributed by atoms with Crippen molar-refractivity contribution in [3.05, 3.63) is 23.3 Å². The minimum Gasteiger partial charge on any atom is -0.383 e. The molecule has 0 saturated carbocycles. The fraction of sp³-hybridized carbons (Fsp3) is 0.500. The molecule has 0 bridgehead atoms. The van der Waals surface area contributed by atoms with E-state index in [1.807, 2.05) is 14.1 Å². The maximum absolute atomic E-state index is 11.6. The van der Waals surface area contributed by atoms with Gasteiger partial charge >= 0.3 is 0 Å². The Morgan fingerprint density at radius 3 is 2.27 bits per heavy atom. The van der Waals surface area contributed by atoms with E-state index >= 15 is 0 Å². The third-order valence-corrected chi connectivity index (χ3v) is 3.75. The third kappa shape index (κ3) is 4.17. The van der Waals surface area contributed by atoms with Crippen LogP contribution in [0.3, 0.4) is 0 Å². The largest absolute Gasteiger partial charge is 0.383 e. The molecule has 0 aliphatic heterocycles. The molecule has 0 aromatic heterocycles. The van der Waals surface area contributed by atoms with Gasteiger partial charge in [-0.2, -0.15) is 5.26 Å². The van der Waals surface area contributed by atoms with E-state index in [0.29, 0.717) is 0 Å². The lowest BCUT2D eigenvalue weighted by Crippen LogP contribution is -2.15. The van der Waals surface area contributed by atoms with Gasteiger partial charge in [-0.05, 0) is 32.2 Å². The average molecular weight is 228 g/mol. The summed E-state index contributed by atoms with van der Waals surface area (Å²) in [5.41, 5.74) is 0. The van der Waals surface area contributed by atoms with Gasteiger partial charge in [0.1, 0.15) is 11.0 Å². The van der Waals surface area contributed by atoms with Crippen molar-refractivity contribution in [2.45, 2.75) is 19.1 Å². The second kappa shape index (κ2) is 5.56. The molecule has 0 heterocycles. The molecule has 0 aliphatic rings. The van der Waals surface area contributed by atoms with Crippen LogP contribution in [0.4, 0.5) is 0 Å². The molecule has 0 amide bonds. The minimum atomic E-state index is -3.46. The number of nitrogens with zero attached hydrogens (tertiary/aromatic N) is 2. The van der Waals surface area contributed by atoms with E-state index in [-0.39, 0.29) is 4.91 Å². The molecule has 0 atom stereocenters. The van der Waals surface area contributed by atoms with Gasteiger partial charge in [-0.3, -0.25) is 0 Å². The molecule has 5 heteroatoms. The monoisotopic (exact) mass is 228 g/mol. The van der Waals surface area contributed by atoms with Crippen molar-refractivity contribution >= 4 is 9.84 Å². The number of hydrogen-bond donors (Lipinski definition) is 0. The maximum atomic E-state index is 11.6. The molecule has 0 radical (unpaired) electrons. The smallest absolute Gasteiger partial charge is 0.190 e. The summed E-state index contributed by atoms with van der Waals surface area (Å²) in [6.45, 7) is 3.10. The number of nitriles is 1. The van der Waals surface area contributed by atoms with Crippen LogP contribution in [0.25, 0.3) is 0 Å². The maximum Gasteiger partial charge on any atom is 0.190 e. The lowest BCUT2D eigenvalue weighted by Gasteiger charge is -2.05. The highest BCUT2D eigenvalue weighted by Crippen LogP contribution is 2.12. The topological polar surface area (TPSA) is 61.2 Å². The van der Waals surface area contributed by atoms with Crippen LogP contribution in [0.15, 0.2) is 23.3 Å². The van der Waals surface area contributed by atoms with Gasteiger partial charge in [0.05, 0.1) is 5.25 Å². The van der Waals surface area contributed by atoms with Gasteiger partial charge < -0.3 is 4.90 Å². The van der Waals surface area contributed by atoms with E-state index < -0.39 is 15.1 Å². The molecule has 0 spiro atoms. The quantitative estimate of drug-likeness (QED) is 0.537. The van der Waals surface area contributed by atoms with Gasteiger partial charge in [0.2, 0.25) is 0 Å². The van der Waals surface area contributed by atoms with Crippen LogP contribution in [-0.2, 0) is 9.84 Å². The summed E-state index contributed by atoms with van der Waals surface area (Å²) in [7, 11) is 0.169. The Kier molecular flexibility index (Phi) is 5.09. The van der Waals surface area contributed by atoms with Gasteiger partial charge in [-0.15, -0.1) is 0 Å². The van der Waals surface area contributed by atoms with Crippen LogP contribution >= 0.6 is 0 Å². The Morgan fingerprint density at radius 1 is 1.40 bits per heavy atom. The van der Waals surface area contributed by atoms with Crippen LogP contribution in [0.2, 0.25) is 0 Å².